The molecular weight excluding hydrogens is 352 g/mol. The van der Waals surface area contributed by atoms with Crippen molar-refractivity contribution in [1.29, 1.82) is 0 Å². The molecule has 0 bridgehead atoms. The second kappa shape index (κ2) is 15.3. The Morgan fingerprint density at radius 2 is 1.52 bits per heavy atom. The van der Waals surface area contributed by atoms with Crippen molar-refractivity contribution < 1.29 is 28.6 Å². The molecule has 1 heterocycles. The lowest BCUT2D eigenvalue weighted by Gasteiger charge is -2.13. The summed E-state index contributed by atoms with van der Waals surface area (Å²) in [5, 5.41) is 2.86. The number of nitrogens with one attached hydrogen (secondary N) is 1. The molecule has 0 saturated heterocycles. The van der Waals surface area contributed by atoms with E-state index in [1.807, 2.05) is 6.92 Å². The van der Waals surface area contributed by atoms with Gasteiger partial charge in [0.1, 0.15) is 0 Å². The van der Waals surface area contributed by atoms with Crippen molar-refractivity contribution >= 4 is 17.7 Å². The van der Waals surface area contributed by atoms with Gasteiger partial charge in [-0.1, -0.05) is 6.42 Å². The third-order valence-electron chi connectivity index (χ3n) is 3.92. The molecule has 0 spiro atoms. The number of nitrogens with zero attached hydrogens (tertiary/aromatic N) is 1. The Labute approximate surface area is 161 Å². The molecule has 27 heavy (non-hydrogen) atoms. The molecule has 0 aromatic heterocycles. The molecule has 0 radical (unpaired) electrons. The Bertz CT molecular complexity index is 463. The van der Waals surface area contributed by atoms with Gasteiger partial charge < -0.3 is 19.5 Å². The highest BCUT2D eigenvalue weighted by molar-refractivity contribution is 6.12. The van der Waals surface area contributed by atoms with Crippen LogP contribution in [0.1, 0.15) is 39.0 Å². The van der Waals surface area contributed by atoms with Crippen molar-refractivity contribution in [3.05, 3.63) is 12.2 Å². The van der Waals surface area contributed by atoms with Gasteiger partial charge in [0, 0.05) is 44.9 Å². The fraction of sp³-hybridized carbons (Fsp3) is 0.737. The van der Waals surface area contributed by atoms with Gasteiger partial charge in [0.05, 0.1) is 26.4 Å². The van der Waals surface area contributed by atoms with E-state index in [1.54, 1.807) is 0 Å². The molecule has 154 valence electrons. The maximum atomic E-state index is 11.7. The maximum absolute atomic E-state index is 11.7. The number of rotatable bonds is 17. The van der Waals surface area contributed by atoms with Gasteiger partial charge in [-0.15, -0.1) is 0 Å². The van der Waals surface area contributed by atoms with E-state index >= 15 is 0 Å². The van der Waals surface area contributed by atoms with E-state index in [0.29, 0.717) is 65.6 Å². The summed E-state index contributed by atoms with van der Waals surface area (Å²) in [5.41, 5.74) is 0. The molecule has 0 aromatic carbocycles. The lowest BCUT2D eigenvalue weighted by Crippen LogP contribution is -2.30. The van der Waals surface area contributed by atoms with Gasteiger partial charge in [0.25, 0.3) is 11.8 Å². The molecule has 1 N–H and O–H groups in total. The van der Waals surface area contributed by atoms with Crippen LogP contribution < -0.4 is 5.32 Å². The number of amides is 3. The summed E-state index contributed by atoms with van der Waals surface area (Å²) in [6, 6.07) is 0. The molecular formula is C19H32N2O6. The highest BCUT2D eigenvalue weighted by Gasteiger charge is 2.22. The Kier molecular flexibility index (Phi) is 13.2. The van der Waals surface area contributed by atoms with Gasteiger partial charge in [0.15, 0.2) is 0 Å². The van der Waals surface area contributed by atoms with Crippen LogP contribution in [0.25, 0.3) is 0 Å². The largest absolute Gasteiger partial charge is 0.379 e. The van der Waals surface area contributed by atoms with Crippen LogP contribution in [0.4, 0.5) is 0 Å². The van der Waals surface area contributed by atoms with E-state index in [4.69, 9.17) is 14.2 Å². The van der Waals surface area contributed by atoms with Gasteiger partial charge in [-0.05, 0) is 26.2 Å². The third-order valence-corrected chi connectivity index (χ3v) is 3.92. The Hall–Kier alpha value is -1.77. The fourth-order valence-corrected chi connectivity index (χ4v) is 2.46. The third kappa shape index (κ3) is 11.5. The number of unbranched alkanes of at least 4 members (excludes halogenated alkanes) is 2. The lowest BCUT2D eigenvalue weighted by molar-refractivity contribution is -0.137. The summed E-state index contributed by atoms with van der Waals surface area (Å²) in [6.07, 6.45) is 6.05. The van der Waals surface area contributed by atoms with Crippen LogP contribution in [-0.2, 0) is 28.6 Å². The normalized spacial score (nSPS) is 13.6. The summed E-state index contributed by atoms with van der Waals surface area (Å²) in [4.78, 5) is 35.7. The molecule has 0 saturated carbocycles. The maximum Gasteiger partial charge on any atom is 0.253 e. The molecule has 8 heteroatoms. The van der Waals surface area contributed by atoms with Gasteiger partial charge in [-0.25, -0.2) is 0 Å². The van der Waals surface area contributed by atoms with Gasteiger partial charge in [-0.3, -0.25) is 19.3 Å². The van der Waals surface area contributed by atoms with E-state index in [-0.39, 0.29) is 17.7 Å². The molecule has 0 aromatic rings. The zero-order chi connectivity index (χ0) is 19.7. The van der Waals surface area contributed by atoms with Crippen LogP contribution in [-0.4, -0.2) is 75.4 Å². The van der Waals surface area contributed by atoms with Crippen molar-refractivity contribution in [3.63, 3.8) is 0 Å². The van der Waals surface area contributed by atoms with Crippen LogP contribution in [0.15, 0.2) is 12.2 Å². The Balaban J connectivity index is 1.82. The minimum atomic E-state index is -0.253. The first-order valence-corrected chi connectivity index (χ1v) is 9.68. The summed E-state index contributed by atoms with van der Waals surface area (Å²) < 4.78 is 15.9. The second-order valence-electron chi connectivity index (χ2n) is 6.10. The fourth-order valence-electron chi connectivity index (χ4n) is 2.46. The summed E-state index contributed by atoms with van der Waals surface area (Å²) in [5.74, 6) is -0.488. The first-order chi connectivity index (χ1) is 13.1. The highest BCUT2D eigenvalue weighted by Crippen LogP contribution is 2.07. The molecule has 8 nitrogen and oxygen atoms in total. The quantitative estimate of drug-likeness (QED) is 0.298. The smallest absolute Gasteiger partial charge is 0.253 e. The zero-order valence-electron chi connectivity index (χ0n) is 16.2. The standard InChI is InChI=1S/C19H32N2O6/c1-2-25-13-14-27-16-15-26-12-6-10-20-17(22)7-4-3-5-11-21-18(23)8-9-19(21)24/h8-9H,2-7,10-16H2,1H3,(H,20,22). The predicted molar refractivity (Wildman–Crippen MR) is 100 cm³/mol. The molecule has 0 atom stereocenters. The number of hydrogen-bond acceptors (Lipinski definition) is 6. The lowest BCUT2D eigenvalue weighted by atomic mass is 10.2. The molecule has 3 amide bonds. The zero-order valence-corrected chi connectivity index (χ0v) is 16.2. The van der Waals surface area contributed by atoms with Gasteiger partial charge in [0.2, 0.25) is 5.91 Å². The van der Waals surface area contributed by atoms with Gasteiger partial charge >= 0.3 is 0 Å². The van der Waals surface area contributed by atoms with Crippen LogP contribution >= 0.6 is 0 Å². The highest BCUT2D eigenvalue weighted by atomic mass is 16.5. The van der Waals surface area contributed by atoms with Crippen LogP contribution in [0, 0.1) is 0 Å². The van der Waals surface area contributed by atoms with Crippen molar-refractivity contribution in [1.82, 2.24) is 10.2 Å². The number of ether oxygens (including phenoxy) is 3. The van der Waals surface area contributed by atoms with E-state index in [2.05, 4.69) is 5.32 Å². The van der Waals surface area contributed by atoms with E-state index in [0.717, 1.165) is 19.3 Å². The van der Waals surface area contributed by atoms with Crippen molar-refractivity contribution in [3.8, 4) is 0 Å². The molecule has 1 aliphatic rings. The average Bonchev–Trinajstić information content (AvgIpc) is 2.97. The van der Waals surface area contributed by atoms with E-state index in [9.17, 15) is 14.4 Å². The first-order valence-electron chi connectivity index (χ1n) is 9.68. The molecule has 0 unspecified atom stereocenters. The van der Waals surface area contributed by atoms with Crippen molar-refractivity contribution in [2.75, 3.05) is 52.7 Å². The first kappa shape index (κ1) is 23.3. The minimum absolute atomic E-state index is 0.0178. The molecule has 1 rings (SSSR count). The number of hydrogen-bond donors (Lipinski definition) is 1. The van der Waals surface area contributed by atoms with Crippen LogP contribution in [0.2, 0.25) is 0 Å². The SMILES string of the molecule is CCOCCOCCOCCCNC(=O)CCCCCN1C(=O)C=CC1=O. The van der Waals surface area contributed by atoms with Crippen LogP contribution in [0.5, 0.6) is 0 Å². The second-order valence-corrected chi connectivity index (χ2v) is 6.10. The summed E-state index contributed by atoms with van der Waals surface area (Å²) in [7, 11) is 0. The predicted octanol–water partition coefficient (Wildman–Crippen LogP) is 1.05. The summed E-state index contributed by atoms with van der Waals surface area (Å²) in [6.45, 7) is 6.50. The number of carbonyl (C=O) groups excluding carboxylic acids is 3. The van der Waals surface area contributed by atoms with Gasteiger partial charge in [-0.2, -0.15) is 0 Å². The van der Waals surface area contributed by atoms with Crippen LogP contribution in [0.3, 0.4) is 0 Å². The van der Waals surface area contributed by atoms with E-state index < -0.39 is 0 Å². The molecule has 0 aliphatic carbocycles. The van der Waals surface area contributed by atoms with Crippen molar-refractivity contribution in [2.45, 2.75) is 39.0 Å². The molecule has 0 fully saturated rings. The van der Waals surface area contributed by atoms with E-state index in [1.165, 1.54) is 17.1 Å². The topological polar surface area (TPSA) is 94.2 Å². The monoisotopic (exact) mass is 384 g/mol. The van der Waals surface area contributed by atoms with Crippen molar-refractivity contribution in [2.24, 2.45) is 0 Å². The molecule has 1 aliphatic heterocycles. The minimum Gasteiger partial charge on any atom is -0.379 e. The Morgan fingerprint density at radius 1 is 0.889 bits per heavy atom. The summed E-state index contributed by atoms with van der Waals surface area (Å²) >= 11 is 0. The number of imide groups is 1. The number of carbonyl (C=O) groups is 3. The Morgan fingerprint density at radius 3 is 2.19 bits per heavy atom. The average molecular weight is 384 g/mol.